The first kappa shape index (κ1) is 9.44. The van der Waals surface area contributed by atoms with Crippen LogP contribution in [0.4, 0.5) is 0 Å². The minimum Gasteiger partial charge on any atom is -0.328 e. The van der Waals surface area contributed by atoms with Gasteiger partial charge in [0, 0.05) is 6.04 Å². The van der Waals surface area contributed by atoms with Crippen LogP contribution in [-0.4, -0.2) is 6.04 Å². The molecule has 1 saturated carbocycles. The molecule has 1 nitrogen and oxygen atoms in total. The van der Waals surface area contributed by atoms with Crippen molar-refractivity contribution in [3.63, 3.8) is 0 Å². The molecule has 0 bridgehead atoms. The minimum atomic E-state index is 0. The first-order chi connectivity index (χ1) is 3.89. The van der Waals surface area contributed by atoms with Crippen LogP contribution in [0.5, 0.6) is 0 Å². The van der Waals surface area contributed by atoms with Crippen LogP contribution in [0.15, 0.2) is 0 Å². The van der Waals surface area contributed by atoms with Crippen molar-refractivity contribution in [2.45, 2.75) is 44.6 Å². The van der Waals surface area contributed by atoms with Gasteiger partial charge in [-0.3, -0.25) is 0 Å². The summed E-state index contributed by atoms with van der Waals surface area (Å²) in [4.78, 5) is 0. The Hall–Kier alpha value is 0.440. The molecular weight excluding hydrogens is 178 g/mol. The highest BCUT2D eigenvalue weighted by molar-refractivity contribution is 8.93. The number of hydrogen-bond acceptors (Lipinski definition) is 1. The second kappa shape index (κ2) is 5.24. The van der Waals surface area contributed by atoms with E-state index in [2.05, 4.69) is 0 Å². The van der Waals surface area contributed by atoms with Crippen LogP contribution in [0.25, 0.3) is 0 Å². The summed E-state index contributed by atoms with van der Waals surface area (Å²) in [6.45, 7) is 0. The number of nitrogens with two attached hydrogens (primary N) is 1. The van der Waals surface area contributed by atoms with Gasteiger partial charge >= 0.3 is 0 Å². The number of halogens is 1. The largest absolute Gasteiger partial charge is 0.328 e. The molecule has 1 fully saturated rings. The summed E-state index contributed by atoms with van der Waals surface area (Å²) in [5, 5.41) is 0. The molecule has 0 aromatic rings. The van der Waals surface area contributed by atoms with Crippen LogP contribution in [0.2, 0.25) is 0 Å². The summed E-state index contributed by atoms with van der Waals surface area (Å²) >= 11 is 0. The summed E-state index contributed by atoms with van der Waals surface area (Å²) in [5.74, 6) is 0. The predicted molar refractivity (Wildman–Crippen MR) is 46.0 cm³/mol. The van der Waals surface area contributed by atoms with Crippen LogP contribution in [0.3, 0.4) is 0 Å². The van der Waals surface area contributed by atoms with Gasteiger partial charge in [-0.15, -0.1) is 17.0 Å². The minimum absolute atomic E-state index is 0. The molecular formula is C7H16BrN. The lowest BCUT2D eigenvalue weighted by molar-refractivity contribution is 0.583. The zero-order valence-electron chi connectivity index (χ0n) is 5.81. The molecule has 56 valence electrons. The van der Waals surface area contributed by atoms with E-state index in [9.17, 15) is 0 Å². The Morgan fingerprint density at radius 3 is 1.78 bits per heavy atom. The Morgan fingerprint density at radius 1 is 0.889 bits per heavy atom. The van der Waals surface area contributed by atoms with E-state index in [4.69, 9.17) is 5.73 Å². The first-order valence-corrected chi connectivity index (χ1v) is 3.65. The maximum absolute atomic E-state index is 5.73. The zero-order chi connectivity index (χ0) is 5.82. The standard InChI is InChI=1S/C7H15N.BrH/c8-7-5-3-1-2-4-6-7;/h7H,1-6,8H2;1H. The van der Waals surface area contributed by atoms with Crippen LogP contribution >= 0.6 is 17.0 Å². The molecule has 2 N–H and O–H groups in total. The lowest BCUT2D eigenvalue weighted by Crippen LogP contribution is -2.17. The smallest absolute Gasteiger partial charge is 0.00388 e. The Bertz CT molecular complexity index is 57.9. The van der Waals surface area contributed by atoms with Gasteiger partial charge in [0.05, 0.1) is 0 Å². The van der Waals surface area contributed by atoms with Gasteiger partial charge in [0.2, 0.25) is 0 Å². The molecule has 0 amide bonds. The van der Waals surface area contributed by atoms with Gasteiger partial charge in [0.1, 0.15) is 0 Å². The molecule has 1 aliphatic rings. The average Bonchev–Trinajstić information content (AvgIpc) is 1.94. The zero-order valence-corrected chi connectivity index (χ0v) is 7.52. The van der Waals surface area contributed by atoms with Crippen LogP contribution in [0, 0.1) is 0 Å². The van der Waals surface area contributed by atoms with Crippen molar-refractivity contribution >= 4 is 17.0 Å². The molecule has 0 atom stereocenters. The normalized spacial score (nSPS) is 22.3. The van der Waals surface area contributed by atoms with E-state index in [1.165, 1.54) is 38.5 Å². The highest BCUT2D eigenvalue weighted by Crippen LogP contribution is 2.14. The van der Waals surface area contributed by atoms with E-state index in [1.807, 2.05) is 0 Å². The van der Waals surface area contributed by atoms with Crippen molar-refractivity contribution in [2.24, 2.45) is 5.73 Å². The molecule has 9 heavy (non-hydrogen) atoms. The molecule has 0 aromatic carbocycles. The molecule has 0 aliphatic heterocycles. The van der Waals surface area contributed by atoms with Gasteiger partial charge < -0.3 is 5.73 Å². The molecule has 1 rings (SSSR count). The van der Waals surface area contributed by atoms with Gasteiger partial charge in [-0.1, -0.05) is 25.7 Å². The fraction of sp³-hybridized carbons (Fsp3) is 1.00. The SMILES string of the molecule is Br.NC1CCCCCC1. The van der Waals surface area contributed by atoms with Crippen molar-refractivity contribution in [1.29, 1.82) is 0 Å². The monoisotopic (exact) mass is 193 g/mol. The van der Waals surface area contributed by atoms with E-state index in [0.717, 1.165) is 0 Å². The Morgan fingerprint density at radius 2 is 1.33 bits per heavy atom. The molecule has 2 heteroatoms. The van der Waals surface area contributed by atoms with E-state index in [0.29, 0.717) is 6.04 Å². The molecule has 0 unspecified atom stereocenters. The average molecular weight is 194 g/mol. The maximum atomic E-state index is 5.73. The van der Waals surface area contributed by atoms with E-state index >= 15 is 0 Å². The first-order valence-electron chi connectivity index (χ1n) is 3.65. The summed E-state index contributed by atoms with van der Waals surface area (Å²) in [6, 6.07) is 0.525. The third-order valence-electron chi connectivity index (χ3n) is 1.90. The van der Waals surface area contributed by atoms with Gasteiger partial charge in [0.15, 0.2) is 0 Å². The third kappa shape index (κ3) is 3.93. The lowest BCUT2D eigenvalue weighted by Gasteiger charge is -2.03. The van der Waals surface area contributed by atoms with Crippen molar-refractivity contribution in [2.75, 3.05) is 0 Å². The van der Waals surface area contributed by atoms with Crippen molar-refractivity contribution in [3.05, 3.63) is 0 Å². The summed E-state index contributed by atoms with van der Waals surface area (Å²) in [7, 11) is 0. The summed E-state index contributed by atoms with van der Waals surface area (Å²) in [5.41, 5.74) is 5.73. The molecule has 0 aromatic heterocycles. The van der Waals surface area contributed by atoms with E-state index in [1.54, 1.807) is 0 Å². The second-order valence-corrected chi connectivity index (χ2v) is 2.75. The van der Waals surface area contributed by atoms with E-state index < -0.39 is 0 Å². The fourth-order valence-electron chi connectivity index (χ4n) is 1.31. The summed E-state index contributed by atoms with van der Waals surface area (Å²) < 4.78 is 0. The Kier molecular flexibility index (Phi) is 5.50. The highest BCUT2D eigenvalue weighted by atomic mass is 79.9. The lowest BCUT2D eigenvalue weighted by atomic mass is 10.1. The van der Waals surface area contributed by atoms with E-state index in [-0.39, 0.29) is 17.0 Å². The molecule has 0 spiro atoms. The third-order valence-corrected chi connectivity index (χ3v) is 1.90. The Labute approximate surface area is 67.8 Å². The van der Waals surface area contributed by atoms with Crippen molar-refractivity contribution in [3.8, 4) is 0 Å². The predicted octanol–water partition coefficient (Wildman–Crippen LogP) is 2.25. The van der Waals surface area contributed by atoms with Gasteiger partial charge in [0.25, 0.3) is 0 Å². The Balaban J connectivity index is 0.000000640. The highest BCUT2D eigenvalue weighted by Gasteiger charge is 2.05. The van der Waals surface area contributed by atoms with Crippen LogP contribution in [-0.2, 0) is 0 Å². The van der Waals surface area contributed by atoms with Crippen molar-refractivity contribution < 1.29 is 0 Å². The topological polar surface area (TPSA) is 26.0 Å². The van der Waals surface area contributed by atoms with Gasteiger partial charge in [-0.25, -0.2) is 0 Å². The second-order valence-electron chi connectivity index (χ2n) is 2.75. The van der Waals surface area contributed by atoms with Gasteiger partial charge in [-0.2, -0.15) is 0 Å². The molecule has 0 radical (unpaired) electrons. The maximum Gasteiger partial charge on any atom is 0.00388 e. The van der Waals surface area contributed by atoms with Crippen LogP contribution in [0.1, 0.15) is 38.5 Å². The quantitative estimate of drug-likeness (QED) is 0.588. The summed E-state index contributed by atoms with van der Waals surface area (Å²) in [6.07, 6.45) is 8.07. The van der Waals surface area contributed by atoms with Crippen molar-refractivity contribution in [1.82, 2.24) is 0 Å². The van der Waals surface area contributed by atoms with Crippen LogP contribution < -0.4 is 5.73 Å². The number of hydrogen-bond donors (Lipinski definition) is 1. The van der Waals surface area contributed by atoms with Gasteiger partial charge in [-0.05, 0) is 12.8 Å². The molecule has 1 aliphatic carbocycles. The molecule has 0 saturated heterocycles. The molecule has 0 heterocycles. The fourth-order valence-corrected chi connectivity index (χ4v) is 1.31. The number of rotatable bonds is 0.